The summed E-state index contributed by atoms with van der Waals surface area (Å²) >= 11 is 0. The first-order valence-corrected chi connectivity index (χ1v) is 11.0. The second-order valence-electron chi connectivity index (χ2n) is 9.23. The van der Waals surface area contributed by atoms with Crippen molar-refractivity contribution in [2.24, 2.45) is 17.8 Å². The van der Waals surface area contributed by atoms with Crippen molar-refractivity contribution in [1.82, 2.24) is 9.97 Å². The van der Waals surface area contributed by atoms with Crippen molar-refractivity contribution in [1.29, 1.82) is 0 Å². The monoisotopic (exact) mass is 407 g/mol. The molecular weight excluding hydrogens is 378 g/mol. The van der Waals surface area contributed by atoms with Gasteiger partial charge in [-0.1, -0.05) is 0 Å². The van der Waals surface area contributed by atoms with E-state index in [0.29, 0.717) is 23.7 Å². The van der Waals surface area contributed by atoms with Crippen molar-refractivity contribution >= 4 is 29.0 Å². The molecule has 0 atom stereocenters. The van der Waals surface area contributed by atoms with Gasteiger partial charge in [-0.15, -0.1) is 0 Å². The van der Waals surface area contributed by atoms with E-state index in [0.717, 1.165) is 29.3 Å². The maximum atomic E-state index is 11.8. The minimum absolute atomic E-state index is 0.135. The van der Waals surface area contributed by atoms with Crippen LogP contribution in [-0.4, -0.2) is 28.1 Å². The van der Waals surface area contributed by atoms with Crippen LogP contribution in [0.2, 0.25) is 0 Å². The molecule has 4 aliphatic carbocycles. The highest BCUT2D eigenvalue weighted by molar-refractivity contribution is 5.90. The molecule has 7 nitrogen and oxygen atoms in total. The minimum Gasteiger partial charge on any atom is -0.462 e. The van der Waals surface area contributed by atoms with Gasteiger partial charge in [-0.3, -0.25) is 0 Å². The third-order valence-electron chi connectivity index (χ3n) is 6.96. The molecule has 30 heavy (non-hydrogen) atoms. The van der Waals surface area contributed by atoms with E-state index in [9.17, 15) is 4.79 Å². The Labute approximate surface area is 176 Å². The zero-order chi connectivity index (χ0) is 20.7. The fourth-order valence-corrected chi connectivity index (χ4v) is 6.15. The van der Waals surface area contributed by atoms with E-state index >= 15 is 0 Å². The van der Waals surface area contributed by atoms with Crippen LogP contribution in [0.1, 0.15) is 55.8 Å². The summed E-state index contributed by atoms with van der Waals surface area (Å²) in [6, 6.07) is 7.10. The van der Waals surface area contributed by atoms with Crippen LogP contribution in [0.5, 0.6) is 0 Å². The lowest BCUT2D eigenvalue weighted by atomic mass is 9.53. The van der Waals surface area contributed by atoms with E-state index in [2.05, 4.69) is 20.6 Å². The molecule has 1 aromatic heterocycles. The van der Waals surface area contributed by atoms with Crippen molar-refractivity contribution in [2.75, 3.05) is 23.0 Å². The zero-order valence-electron chi connectivity index (χ0n) is 17.4. The number of rotatable bonds is 6. The normalized spacial score (nSPS) is 28.9. The summed E-state index contributed by atoms with van der Waals surface area (Å²) in [6.45, 7) is 2.15. The molecule has 1 heterocycles. The van der Waals surface area contributed by atoms with Gasteiger partial charge in [0.15, 0.2) is 11.6 Å². The Morgan fingerprint density at radius 2 is 1.67 bits per heavy atom. The quantitative estimate of drug-likeness (QED) is 0.611. The van der Waals surface area contributed by atoms with E-state index in [4.69, 9.17) is 10.5 Å². The van der Waals surface area contributed by atoms with Crippen LogP contribution in [0.3, 0.4) is 0 Å². The average Bonchev–Trinajstić information content (AvgIpc) is 2.70. The molecule has 7 heteroatoms. The third kappa shape index (κ3) is 3.57. The SMILES string of the molecule is CCOC(=O)c1ccc(Nc2ncnc(NC34CC5CC(CC(C5)C3)C4)c2N)cc1. The van der Waals surface area contributed by atoms with Gasteiger partial charge in [-0.05, 0) is 87.5 Å². The smallest absolute Gasteiger partial charge is 0.338 e. The Kier molecular flexibility index (Phi) is 4.76. The summed E-state index contributed by atoms with van der Waals surface area (Å²) in [7, 11) is 0. The molecule has 158 valence electrons. The Hall–Kier alpha value is -2.83. The molecule has 0 saturated heterocycles. The molecule has 0 aliphatic heterocycles. The summed E-state index contributed by atoms with van der Waals surface area (Å²) in [4.78, 5) is 20.6. The van der Waals surface area contributed by atoms with Gasteiger partial charge >= 0.3 is 5.97 Å². The van der Waals surface area contributed by atoms with Gasteiger partial charge in [-0.2, -0.15) is 0 Å². The molecule has 6 rings (SSSR count). The van der Waals surface area contributed by atoms with Crippen LogP contribution >= 0.6 is 0 Å². The van der Waals surface area contributed by atoms with Crippen LogP contribution in [0.15, 0.2) is 30.6 Å². The lowest BCUT2D eigenvalue weighted by molar-refractivity contribution is 0.0106. The molecule has 4 saturated carbocycles. The number of nitrogens with zero attached hydrogens (tertiary/aromatic N) is 2. The number of nitrogens with one attached hydrogen (secondary N) is 2. The fourth-order valence-electron chi connectivity index (χ4n) is 6.15. The molecule has 4 aliphatic rings. The number of anilines is 4. The summed E-state index contributed by atoms with van der Waals surface area (Å²) in [5, 5.41) is 6.99. The molecule has 4 N–H and O–H groups in total. The van der Waals surface area contributed by atoms with Gasteiger partial charge in [0.1, 0.15) is 12.0 Å². The maximum absolute atomic E-state index is 11.8. The number of esters is 1. The van der Waals surface area contributed by atoms with Crippen molar-refractivity contribution < 1.29 is 9.53 Å². The molecule has 1 aromatic carbocycles. The zero-order valence-corrected chi connectivity index (χ0v) is 17.4. The van der Waals surface area contributed by atoms with Gasteiger partial charge in [0.2, 0.25) is 0 Å². The van der Waals surface area contributed by atoms with Crippen LogP contribution < -0.4 is 16.4 Å². The van der Waals surface area contributed by atoms with Crippen LogP contribution in [0, 0.1) is 17.8 Å². The van der Waals surface area contributed by atoms with Gasteiger partial charge in [-0.25, -0.2) is 14.8 Å². The first-order valence-electron chi connectivity index (χ1n) is 11.0. The highest BCUT2D eigenvalue weighted by atomic mass is 16.5. The Balaban J connectivity index is 1.32. The number of carbonyl (C=O) groups is 1. The number of hydrogen-bond donors (Lipinski definition) is 3. The van der Waals surface area contributed by atoms with E-state index in [1.165, 1.54) is 38.5 Å². The Morgan fingerprint density at radius 3 is 2.27 bits per heavy atom. The minimum atomic E-state index is -0.326. The van der Waals surface area contributed by atoms with E-state index in [1.54, 1.807) is 25.4 Å². The fraction of sp³-hybridized carbons (Fsp3) is 0.522. The van der Waals surface area contributed by atoms with Crippen LogP contribution in [-0.2, 0) is 4.74 Å². The second kappa shape index (κ2) is 7.45. The number of hydrogen-bond acceptors (Lipinski definition) is 7. The molecule has 2 aromatic rings. The molecule has 0 radical (unpaired) electrons. The molecule has 0 amide bonds. The van der Waals surface area contributed by atoms with Crippen molar-refractivity contribution in [3.8, 4) is 0 Å². The number of carbonyl (C=O) groups excluding carboxylic acids is 1. The van der Waals surface area contributed by atoms with Crippen LogP contribution in [0.25, 0.3) is 0 Å². The van der Waals surface area contributed by atoms with E-state index in [-0.39, 0.29) is 11.5 Å². The second-order valence-corrected chi connectivity index (χ2v) is 9.23. The topological polar surface area (TPSA) is 102 Å². The highest BCUT2D eigenvalue weighted by Crippen LogP contribution is 2.56. The van der Waals surface area contributed by atoms with Crippen molar-refractivity contribution in [2.45, 2.75) is 51.0 Å². The first kappa shape index (κ1) is 19.2. The summed E-state index contributed by atoms with van der Waals surface area (Å²) in [6.07, 6.45) is 9.41. The van der Waals surface area contributed by atoms with Gasteiger partial charge in [0, 0.05) is 11.2 Å². The molecule has 4 bridgehead atoms. The molecule has 0 spiro atoms. The molecular formula is C23H29N5O2. The third-order valence-corrected chi connectivity index (χ3v) is 6.96. The van der Waals surface area contributed by atoms with Crippen molar-refractivity contribution in [3.05, 3.63) is 36.2 Å². The first-order chi connectivity index (χ1) is 14.5. The summed E-state index contributed by atoms with van der Waals surface area (Å²) < 4.78 is 5.03. The number of nitrogen functional groups attached to an aromatic ring is 1. The predicted octanol–water partition coefficient (Wildman–Crippen LogP) is 4.36. The Morgan fingerprint density at radius 1 is 1.07 bits per heavy atom. The largest absolute Gasteiger partial charge is 0.462 e. The van der Waals surface area contributed by atoms with E-state index in [1.807, 2.05) is 12.1 Å². The molecule has 4 fully saturated rings. The summed E-state index contributed by atoms with van der Waals surface area (Å²) in [5.74, 6) is 3.51. The standard InChI is InChI=1S/C23H29N5O2/c1-2-30-22(29)17-3-5-18(6-4-17)27-20-19(24)21(26-13-25-20)28-23-10-14-7-15(11-23)9-16(8-14)12-23/h3-6,13-16H,2,7-12,24H2,1H3,(H2,25,26,27,28). The number of ether oxygens (including phenoxy) is 1. The van der Waals surface area contributed by atoms with Crippen LogP contribution in [0.4, 0.5) is 23.0 Å². The van der Waals surface area contributed by atoms with Crippen molar-refractivity contribution in [3.63, 3.8) is 0 Å². The lowest BCUT2D eigenvalue weighted by Gasteiger charge is -2.57. The van der Waals surface area contributed by atoms with E-state index < -0.39 is 0 Å². The predicted molar refractivity (Wildman–Crippen MR) is 117 cm³/mol. The maximum Gasteiger partial charge on any atom is 0.338 e. The average molecular weight is 408 g/mol. The molecule has 0 unspecified atom stereocenters. The van der Waals surface area contributed by atoms with Gasteiger partial charge in [0.05, 0.1) is 12.2 Å². The highest BCUT2D eigenvalue weighted by Gasteiger charge is 2.51. The van der Waals surface area contributed by atoms with Gasteiger partial charge in [0.25, 0.3) is 0 Å². The number of aromatic nitrogens is 2. The lowest BCUT2D eigenvalue weighted by Crippen LogP contribution is -2.55. The van der Waals surface area contributed by atoms with Gasteiger partial charge < -0.3 is 21.1 Å². The Bertz CT molecular complexity index is 908. The number of nitrogens with two attached hydrogens (primary N) is 1. The number of benzene rings is 1. The summed E-state index contributed by atoms with van der Waals surface area (Å²) in [5.41, 5.74) is 8.44.